The van der Waals surface area contributed by atoms with Crippen molar-refractivity contribution in [2.45, 2.75) is 0 Å². The average molecular weight is 481 g/mol. The fourth-order valence-corrected chi connectivity index (χ4v) is 4.11. The highest BCUT2D eigenvalue weighted by Gasteiger charge is 2.21. The van der Waals surface area contributed by atoms with Gasteiger partial charge in [-0.05, 0) is 30.3 Å². The third-order valence-corrected chi connectivity index (χ3v) is 6.11. The lowest BCUT2D eigenvalue weighted by atomic mass is 10.1. The van der Waals surface area contributed by atoms with E-state index in [1.165, 1.54) is 16.6 Å². The van der Waals surface area contributed by atoms with E-state index in [-0.39, 0.29) is 11.5 Å². The van der Waals surface area contributed by atoms with Crippen LogP contribution in [0.5, 0.6) is 0 Å². The van der Waals surface area contributed by atoms with Crippen molar-refractivity contribution >= 4 is 29.2 Å². The van der Waals surface area contributed by atoms with Crippen LogP contribution in [-0.4, -0.2) is 81.9 Å². The first kappa shape index (κ1) is 22.6. The minimum atomic E-state index is -1.14. The molecule has 3 aromatic heterocycles. The number of rotatable bonds is 7. The molecule has 12 heteroatoms. The van der Waals surface area contributed by atoms with E-state index in [1.807, 2.05) is 22.9 Å². The maximum Gasteiger partial charge on any atom is 0.335 e. The monoisotopic (exact) mass is 480 g/mol. The van der Waals surface area contributed by atoms with Crippen LogP contribution in [0.1, 0.15) is 10.4 Å². The van der Waals surface area contributed by atoms with E-state index in [4.69, 9.17) is 15.3 Å². The van der Waals surface area contributed by atoms with Crippen molar-refractivity contribution in [3.8, 4) is 11.5 Å². The Bertz CT molecular complexity index is 1350. The summed E-state index contributed by atoms with van der Waals surface area (Å²) in [6.45, 7) is 4.25. The predicted octanol–water partition coefficient (Wildman–Crippen LogP) is 2.06. The van der Waals surface area contributed by atoms with E-state index >= 15 is 0 Å². The van der Waals surface area contributed by atoms with Crippen LogP contribution in [0.3, 0.4) is 0 Å². The molecule has 0 bridgehead atoms. The highest BCUT2D eigenvalue weighted by Crippen LogP contribution is 2.23. The molecule has 0 amide bonds. The zero-order valence-electron chi connectivity index (χ0n) is 19.1. The topological polar surface area (TPSA) is 129 Å². The number of carboxylic acids is 1. The molecule has 0 saturated carbocycles. The van der Waals surface area contributed by atoms with Crippen LogP contribution in [0.2, 0.25) is 0 Å². The molecule has 1 aliphatic heterocycles. The number of piperazine rings is 1. The smallest absolute Gasteiger partial charge is 0.335 e. The number of anilines is 3. The minimum Gasteiger partial charge on any atom is -0.478 e. The molecule has 11 nitrogen and oxygen atoms in total. The Morgan fingerprint density at radius 1 is 1.20 bits per heavy atom. The lowest BCUT2D eigenvalue weighted by Gasteiger charge is -2.36. The maximum atomic E-state index is 14.4. The van der Waals surface area contributed by atoms with E-state index < -0.39 is 11.8 Å². The van der Waals surface area contributed by atoms with Gasteiger partial charge in [0.15, 0.2) is 11.4 Å². The molecule has 4 heterocycles. The van der Waals surface area contributed by atoms with Gasteiger partial charge in [0.05, 0.1) is 17.5 Å². The molecule has 0 unspecified atom stereocenters. The number of fused-ring (bicyclic) bond motifs is 1. The first-order valence-corrected chi connectivity index (χ1v) is 11.2. The molecular formula is C23H25FN8O3. The Morgan fingerprint density at radius 3 is 2.69 bits per heavy atom. The zero-order chi connectivity index (χ0) is 24.5. The van der Waals surface area contributed by atoms with Gasteiger partial charge < -0.3 is 25.1 Å². The lowest BCUT2D eigenvalue weighted by molar-refractivity contribution is 0.0696. The third-order valence-electron chi connectivity index (χ3n) is 6.11. The van der Waals surface area contributed by atoms with Gasteiger partial charge in [0.1, 0.15) is 11.5 Å². The number of nitrogen functional groups attached to an aromatic ring is 1. The Hall–Kier alpha value is -4.19. The third kappa shape index (κ3) is 4.60. The standard InChI is InChI=1S/C23H25FN8O3/c1-29(23-26-20-14-17(19-3-2-12-35-19)28-32(20)22(25)27-23)6-7-30-8-10-31(11-9-30)18-5-4-15(21(33)34)13-16(18)24/h2-5,12-14H,6-11H2,1H3,(H,33,34)(H2,25,26,27). The number of furan rings is 1. The van der Waals surface area contributed by atoms with Gasteiger partial charge in [-0.15, -0.1) is 0 Å². The zero-order valence-corrected chi connectivity index (χ0v) is 19.1. The average Bonchev–Trinajstić information content (AvgIpc) is 3.53. The molecule has 3 N–H and O–H groups in total. The molecule has 35 heavy (non-hydrogen) atoms. The van der Waals surface area contributed by atoms with Gasteiger partial charge >= 0.3 is 5.97 Å². The SMILES string of the molecule is CN(CCN1CCN(c2ccc(C(=O)O)cc2F)CC1)c1nc(N)n2nc(-c3ccco3)cc2n1. The molecule has 0 spiro atoms. The van der Waals surface area contributed by atoms with Gasteiger partial charge in [0.2, 0.25) is 11.9 Å². The Morgan fingerprint density at radius 2 is 2.00 bits per heavy atom. The van der Waals surface area contributed by atoms with E-state index in [0.717, 1.165) is 25.7 Å². The number of nitrogens with zero attached hydrogens (tertiary/aromatic N) is 7. The number of aromatic nitrogens is 4. The summed E-state index contributed by atoms with van der Waals surface area (Å²) in [6, 6.07) is 9.45. The molecule has 1 fully saturated rings. The second kappa shape index (κ2) is 9.22. The summed E-state index contributed by atoms with van der Waals surface area (Å²) < 4.78 is 21.3. The molecule has 0 atom stereocenters. The molecule has 5 rings (SSSR count). The Balaban J connectivity index is 1.19. The fraction of sp³-hybridized carbons (Fsp3) is 0.304. The van der Waals surface area contributed by atoms with Crippen LogP contribution in [0.25, 0.3) is 17.1 Å². The van der Waals surface area contributed by atoms with Gasteiger partial charge in [-0.25, -0.2) is 9.18 Å². The summed E-state index contributed by atoms with van der Waals surface area (Å²) in [4.78, 5) is 26.2. The van der Waals surface area contributed by atoms with Crippen molar-refractivity contribution in [1.29, 1.82) is 0 Å². The van der Waals surface area contributed by atoms with Crippen molar-refractivity contribution in [3.63, 3.8) is 0 Å². The molecule has 1 aromatic carbocycles. The number of hydrogen-bond acceptors (Lipinski definition) is 9. The summed E-state index contributed by atoms with van der Waals surface area (Å²) in [7, 11) is 1.91. The van der Waals surface area contributed by atoms with Gasteiger partial charge in [-0.1, -0.05) is 0 Å². The van der Waals surface area contributed by atoms with E-state index in [1.54, 1.807) is 18.4 Å². The molecule has 0 radical (unpaired) electrons. The number of likely N-dealkylation sites (N-methyl/N-ethyl adjacent to an activating group) is 1. The number of benzene rings is 1. The number of carbonyl (C=O) groups is 1. The second-order valence-electron chi connectivity index (χ2n) is 8.38. The largest absolute Gasteiger partial charge is 0.478 e. The van der Waals surface area contributed by atoms with Gasteiger partial charge in [0, 0.05) is 52.4 Å². The van der Waals surface area contributed by atoms with Gasteiger partial charge in [0.25, 0.3) is 0 Å². The summed E-state index contributed by atoms with van der Waals surface area (Å²) >= 11 is 0. The molecule has 1 saturated heterocycles. The van der Waals surface area contributed by atoms with Crippen LogP contribution in [-0.2, 0) is 0 Å². The molecule has 182 valence electrons. The van der Waals surface area contributed by atoms with E-state index in [9.17, 15) is 9.18 Å². The fourth-order valence-electron chi connectivity index (χ4n) is 4.11. The quantitative estimate of drug-likeness (QED) is 0.405. The number of halogens is 1. The first-order valence-electron chi connectivity index (χ1n) is 11.2. The molecule has 0 aliphatic carbocycles. The summed E-state index contributed by atoms with van der Waals surface area (Å²) in [5.74, 6) is -0.292. The van der Waals surface area contributed by atoms with Crippen molar-refractivity contribution in [2.75, 3.05) is 61.8 Å². The summed E-state index contributed by atoms with van der Waals surface area (Å²) in [5.41, 5.74) is 7.70. The van der Waals surface area contributed by atoms with Crippen molar-refractivity contribution in [1.82, 2.24) is 24.5 Å². The van der Waals surface area contributed by atoms with Crippen LogP contribution < -0.4 is 15.5 Å². The number of carboxylic acid groups (broad SMARTS) is 1. The minimum absolute atomic E-state index is 0.0536. The first-order chi connectivity index (χ1) is 16.9. The van der Waals surface area contributed by atoms with E-state index in [0.29, 0.717) is 48.4 Å². The van der Waals surface area contributed by atoms with Crippen molar-refractivity contribution in [3.05, 3.63) is 54.0 Å². The van der Waals surface area contributed by atoms with E-state index in [2.05, 4.69) is 20.0 Å². The molecule has 4 aromatic rings. The summed E-state index contributed by atoms with van der Waals surface area (Å²) in [6.07, 6.45) is 1.58. The molecular weight excluding hydrogens is 455 g/mol. The second-order valence-corrected chi connectivity index (χ2v) is 8.38. The highest BCUT2D eigenvalue weighted by molar-refractivity contribution is 5.88. The maximum absolute atomic E-state index is 14.4. The number of hydrogen-bond donors (Lipinski definition) is 2. The Labute approximate surface area is 200 Å². The normalized spacial score (nSPS) is 14.5. The number of aromatic carboxylic acids is 1. The van der Waals surface area contributed by atoms with Crippen molar-refractivity contribution in [2.24, 2.45) is 0 Å². The highest BCUT2D eigenvalue weighted by atomic mass is 19.1. The Kier molecular flexibility index (Phi) is 5.95. The van der Waals surface area contributed by atoms with Gasteiger partial charge in [-0.3, -0.25) is 4.90 Å². The molecule has 1 aliphatic rings. The lowest BCUT2D eigenvalue weighted by Crippen LogP contribution is -2.48. The van der Waals surface area contributed by atoms with Crippen LogP contribution >= 0.6 is 0 Å². The van der Waals surface area contributed by atoms with Crippen LogP contribution in [0, 0.1) is 5.82 Å². The van der Waals surface area contributed by atoms with Gasteiger partial charge in [-0.2, -0.15) is 19.6 Å². The van der Waals surface area contributed by atoms with Crippen LogP contribution in [0.4, 0.5) is 22.0 Å². The predicted molar refractivity (Wildman–Crippen MR) is 128 cm³/mol. The van der Waals surface area contributed by atoms with Crippen LogP contribution in [0.15, 0.2) is 47.1 Å². The summed E-state index contributed by atoms with van der Waals surface area (Å²) in [5, 5.41) is 13.4. The number of nitrogens with two attached hydrogens (primary N) is 1. The van der Waals surface area contributed by atoms with Crippen molar-refractivity contribution < 1.29 is 18.7 Å².